The van der Waals surface area contributed by atoms with Crippen molar-refractivity contribution in [3.63, 3.8) is 0 Å². The number of benzene rings is 11. The molecule has 0 saturated carbocycles. The van der Waals surface area contributed by atoms with Crippen molar-refractivity contribution in [1.82, 2.24) is 4.57 Å². The molecule has 0 amide bonds. The average Bonchev–Trinajstić information content (AvgIpc) is 3.95. The lowest BCUT2D eigenvalue weighted by molar-refractivity contribution is 0.670. The Kier molecular flexibility index (Phi) is 9.40. The molecule has 0 aliphatic rings. The zero-order valence-corrected chi connectivity index (χ0v) is 37.4. The van der Waals surface area contributed by atoms with Gasteiger partial charge in [0, 0.05) is 49.5 Å². The molecule has 0 aliphatic carbocycles. The largest absolute Gasteiger partial charge is 0.455 e. The first kappa shape index (κ1) is 39.4. The van der Waals surface area contributed by atoms with Crippen LogP contribution in [-0.4, -0.2) is 4.57 Å². The molecule has 1 N–H and O–H groups in total. The third kappa shape index (κ3) is 6.51. The van der Waals surface area contributed by atoms with Gasteiger partial charge in [-0.05, 0) is 105 Å². The Morgan fingerprint density at radius 2 is 0.897 bits per heavy atom. The fourth-order valence-electron chi connectivity index (χ4n) is 10.6. The number of rotatable bonds is 8. The van der Waals surface area contributed by atoms with Crippen LogP contribution in [-0.2, 0) is 0 Å². The summed E-state index contributed by atoms with van der Waals surface area (Å²) in [5.74, 6) is 0. The van der Waals surface area contributed by atoms with Gasteiger partial charge in [0.05, 0.1) is 22.4 Å². The van der Waals surface area contributed by atoms with Gasteiger partial charge in [-0.1, -0.05) is 194 Å². The summed E-state index contributed by atoms with van der Waals surface area (Å²) < 4.78 is 9.13. The predicted molar refractivity (Wildman–Crippen MR) is 287 cm³/mol. The van der Waals surface area contributed by atoms with Crippen LogP contribution in [0.25, 0.3) is 116 Å². The van der Waals surface area contributed by atoms with E-state index >= 15 is 0 Å². The molecule has 0 unspecified atom stereocenters. The summed E-state index contributed by atoms with van der Waals surface area (Å²) >= 11 is 0. The molecule has 0 bridgehead atoms. The van der Waals surface area contributed by atoms with Gasteiger partial charge in [0.1, 0.15) is 11.2 Å². The molecule has 2 heterocycles. The number of aromatic nitrogens is 1. The van der Waals surface area contributed by atoms with E-state index in [0.29, 0.717) is 0 Å². The highest BCUT2D eigenvalue weighted by Gasteiger charge is 2.21. The molecule has 0 spiro atoms. The maximum absolute atomic E-state index is 6.71. The highest BCUT2D eigenvalue weighted by Crippen LogP contribution is 2.47. The van der Waals surface area contributed by atoms with Crippen molar-refractivity contribution in [1.29, 1.82) is 0 Å². The molecule has 11 aromatic carbocycles. The third-order valence-electron chi connectivity index (χ3n) is 13.8. The third-order valence-corrected chi connectivity index (χ3v) is 13.8. The minimum atomic E-state index is 0.876. The summed E-state index contributed by atoms with van der Waals surface area (Å²) in [5.41, 5.74) is 20.0. The second-order valence-corrected chi connectivity index (χ2v) is 17.7. The van der Waals surface area contributed by atoms with E-state index in [-0.39, 0.29) is 0 Å². The van der Waals surface area contributed by atoms with E-state index in [4.69, 9.17) is 4.42 Å². The Labute approximate surface area is 394 Å². The lowest BCUT2D eigenvalue weighted by atomic mass is 9.89. The number of aryl methyl sites for hydroxylation is 1. The Balaban J connectivity index is 0.961. The van der Waals surface area contributed by atoms with E-state index < -0.39 is 0 Å². The molecule has 68 heavy (non-hydrogen) atoms. The molecular formula is C65H44N2O. The Bertz CT molecular complexity index is 4020. The number of nitrogens with zero attached hydrogens (tertiary/aromatic N) is 1. The maximum atomic E-state index is 6.71. The number of para-hydroxylation sites is 6. The zero-order chi connectivity index (χ0) is 45.1. The number of furan rings is 1. The first-order chi connectivity index (χ1) is 33.7. The molecule has 3 nitrogen and oxygen atoms in total. The number of fused-ring (bicyclic) bond motifs is 7. The van der Waals surface area contributed by atoms with Crippen molar-refractivity contribution >= 4 is 65.9 Å². The van der Waals surface area contributed by atoms with Crippen molar-refractivity contribution < 1.29 is 4.42 Å². The summed E-state index contributed by atoms with van der Waals surface area (Å²) in [5, 5.41) is 11.1. The van der Waals surface area contributed by atoms with Gasteiger partial charge in [-0.3, -0.25) is 0 Å². The molecule has 2 aromatic heterocycles. The molecule has 0 saturated heterocycles. The molecular weight excluding hydrogens is 825 g/mol. The number of hydrogen-bond acceptors (Lipinski definition) is 2. The van der Waals surface area contributed by atoms with E-state index in [9.17, 15) is 0 Å². The van der Waals surface area contributed by atoms with Gasteiger partial charge in [-0.15, -0.1) is 0 Å². The van der Waals surface area contributed by atoms with E-state index in [1.807, 2.05) is 6.07 Å². The lowest BCUT2D eigenvalue weighted by Crippen LogP contribution is -1.99. The van der Waals surface area contributed by atoms with Crippen molar-refractivity contribution in [3.05, 3.63) is 248 Å². The van der Waals surface area contributed by atoms with Gasteiger partial charge in [-0.2, -0.15) is 0 Å². The molecule has 13 rings (SSSR count). The van der Waals surface area contributed by atoms with Crippen molar-refractivity contribution in [2.45, 2.75) is 6.92 Å². The zero-order valence-electron chi connectivity index (χ0n) is 37.4. The second-order valence-electron chi connectivity index (χ2n) is 17.7. The minimum absolute atomic E-state index is 0.876. The van der Waals surface area contributed by atoms with Crippen LogP contribution in [0.3, 0.4) is 0 Å². The van der Waals surface area contributed by atoms with Crippen molar-refractivity contribution in [3.8, 4) is 61.3 Å². The quantitative estimate of drug-likeness (QED) is 0.165. The summed E-state index contributed by atoms with van der Waals surface area (Å²) in [4.78, 5) is 0. The lowest BCUT2D eigenvalue weighted by Gasteiger charge is -2.20. The normalized spacial score (nSPS) is 11.6. The monoisotopic (exact) mass is 868 g/mol. The molecule has 0 radical (unpaired) electrons. The van der Waals surface area contributed by atoms with Gasteiger partial charge in [-0.25, -0.2) is 0 Å². The highest BCUT2D eigenvalue weighted by molar-refractivity contribution is 6.13. The summed E-state index contributed by atoms with van der Waals surface area (Å²) in [6, 6.07) is 87.6. The molecule has 0 atom stereocenters. The van der Waals surface area contributed by atoms with Crippen LogP contribution in [0.5, 0.6) is 0 Å². The average molecular weight is 869 g/mol. The number of hydrogen-bond donors (Lipinski definition) is 1. The number of nitrogens with one attached hydrogen (secondary N) is 1. The molecule has 320 valence electrons. The van der Waals surface area contributed by atoms with E-state index in [0.717, 1.165) is 66.8 Å². The predicted octanol–water partition coefficient (Wildman–Crippen LogP) is 18.2. The van der Waals surface area contributed by atoms with E-state index in [1.165, 1.54) is 66.0 Å². The fraction of sp³-hybridized carbons (Fsp3) is 0.0154. The van der Waals surface area contributed by atoms with Crippen LogP contribution in [0.2, 0.25) is 0 Å². The van der Waals surface area contributed by atoms with Crippen LogP contribution >= 0.6 is 0 Å². The Morgan fingerprint density at radius 3 is 1.66 bits per heavy atom. The first-order valence-corrected chi connectivity index (χ1v) is 23.3. The Morgan fingerprint density at radius 1 is 0.353 bits per heavy atom. The van der Waals surface area contributed by atoms with Crippen LogP contribution < -0.4 is 5.32 Å². The van der Waals surface area contributed by atoms with Crippen molar-refractivity contribution in [2.75, 3.05) is 5.32 Å². The molecule has 0 aliphatic heterocycles. The smallest absolute Gasteiger partial charge is 0.143 e. The number of anilines is 2. The highest BCUT2D eigenvalue weighted by atomic mass is 16.3. The van der Waals surface area contributed by atoms with E-state index in [1.54, 1.807) is 0 Å². The van der Waals surface area contributed by atoms with Crippen LogP contribution in [0.15, 0.2) is 247 Å². The maximum Gasteiger partial charge on any atom is 0.143 e. The van der Waals surface area contributed by atoms with Crippen LogP contribution in [0, 0.1) is 6.92 Å². The van der Waals surface area contributed by atoms with E-state index in [2.05, 4.69) is 253 Å². The minimum Gasteiger partial charge on any atom is -0.455 e. The van der Waals surface area contributed by atoms with Gasteiger partial charge in [0.25, 0.3) is 0 Å². The SMILES string of the molecule is Cc1ccccc1-c1cc(-c2cccc(-c3cccc4c3oc3ccccc34)c2Nc2ccc(-c3ccccc3-c3ccccc3-n3c4ccccc4c4ccccc43)cc2)c2ccccc2c1. The fourth-order valence-corrected chi connectivity index (χ4v) is 10.6. The van der Waals surface area contributed by atoms with Crippen molar-refractivity contribution in [2.24, 2.45) is 0 Å². The molecule has 13 aromatic rings. The van der Waals surface area contributed by atoms with Crippen LogP contribution in [0.1, 0.15) is 5.56 Å². The Hall–Kier alpha value is -8.92. The summed E-state index contributed by atoms with van der Waals surface area (Å²) in [6.07, 6.45) is 0. The standard InChI is InChI=1S/C65H44N2O/c1-42-18-2-4-20-47(42)45-40-44-19-3-5-22-49(44)59(41-45)56-29-16-28-55(58-31-17-30-57-54-27-11-15-35-63(54)68-65(57)58)64(56)66-46-38-36-43(37-39-46)48-21-6-7-23-50(48)51-24-8-12-32-60(51)67-61-33-13-9-25-52(61)53-26-10-14-34-62(53)67/h2-41,66H,1H3. The van der Waals surface area contributed by atoms with Gasteiger partial charge >= 0.3 is 0 Å². The van der Waals surface area contributed by atoms with Gasteiger partial charge in [0.15, 0.2) is 0 Å². The molecule has 3 heteroatoms. The van der Waals surface area contributed by atoms with Gasteiger partial charge in [0.2, 0.25) is 0 Å². The van der Waals surface area contributed by atoms with Gasteiger partial charge < -0.3 is 14.3 Å². The van der Waals surface area contributed by atoms with Crippen LogP contribution in [0.4, 0.5) is 11.4 Å². The molecule has 0 fully saturated rings. The summed E-state index contributed by atoms with van der Waals surface area (Å²) in [6.45, 7) is 2.19. The summed E-state index contributed by atoms with van der Waals surface area (Å²) in [7, 11) is 0. The second kappa shape index (κ2) is 16.2. The topological polar surface area (TPSA) is 30.1 Å². The first-order valence-electron chi connectivity index (χ1n) is 23.3.